The minimum Gasteiger partial charge on any atom is -0.381 e. The van der Waals surface area contributed by atoms with E-state index in [1.165, 1.54) is 28.8 Å². The number of amides is 1. The maximum Gasteiger partial charge on any atom is 0.253 e. The number of aryl methyl sites for hydroxylation is 2. The van der Waals surface area contributed by atoms with Gasteiger partial charge in [0, 0.05) is 92.0 Å². The Morgan fingerprint density at radius 3 is 2.76 bits per heavy atom. The van der Waals surface area contributed by atoms with Crippen molar-refractivity contribution in [2.45, 2.75) is 32.2 Å². The van der Waals surface area contributed by atoms with E-state index in [-0.39, 0.29) is 5.91 Å². The summed E-state index contributed by atoms with van der Waals surface area (Å²) in [6.45, 7) is 7.91. The molecule has 4 aromatic rings. The van der Waals surface area contributed by atoms with Crippen molar-refractivity contribution < 1.29 is 9.53 Å². The predicted octanol–water partition coefficient (Wildman–Crippen LogP) is 5.38. The van der Waals surface area contributed by atoms with E-state index in [0.29, 0.717) is 17.5 Å². The van der Waals surface area contributed by atoms with Crippen LogP contribution in [0.5, 0.6) is 0 Å². The first kappa shape index (κ1) is 26.2. The molecule has 3 aliphatic rings. The lowest BCUT2D eigenvalue weighted by Gasteiger charge is -2.46. The zero-order chi connectivity index (χ0) is 28.1. The number of anilines is 1. The summed E-state index contributed by atoms with van der Waals surface area (Å²) >= 11 is 0. The maximum absolute atomic E-state index is 13.0. The number of pyridine rings is 1. The summed E-state index contributed by atoms with van der Waals surface area (Å²) in [5.74, 6) is 0.482. The van der Waals surface area contributed by atoms with Crippen molar-refractivity contribution in [3.63, 3.8) is 0 Å². The lowest BCUT2D eigenvalue weighted by atomic mass is 9.89. The van der Waals surface area contributed by atoms with E-state index < -0.39 is 0 Å². The summed E-state index contributed by atoms with van der Waals surface area (Å²) in [6.07, 6.45) is 7.37. The number of ether oxygens (including phenoxy) is 1. The van der Waals surface area contributed by atoms with Gasteiger partial charge in [-0.3, -0.25) is 4.79 Å². The highest BCUT2D eigenvalue weighted by Crippen LogP contribution is 2.39. The molecule has 2 fully saturated rings. The Labute approximate surface area is 242 Å². The molecule has 2 aromatic carbocycles. The minimum absolute atomic E-state index is 0.0528. The summed E-state index contributed by atoms with van der Waals surface area (Å²) in [6, 6.07) is 15.6. The maximum atomic E-state index is 13.0. The van der Waals surface area contributed by atoms with E-state index in [2.05, 4.69) is 47.0 Å². The Bertz CT molecular complexity index is 1590. The normalized spacial score (nSPS) is 20.7. The molecule has 7 heteroatoms. The second kappa shape index (κ2) is 10.6. The molecule has 2 atom stereocenters. The zero-order valence-electron chi connectivity index (χ0n) is 24.3. The molecule has 3 aliphatic heterocycles. The zero-order valence-corrected chi connectivity index (χ0v) is 24.3. The third-order valence-electron chi connectivity index (χ3n) is 9.31. The lowest BCUT2D eigenvalue weighted by Crippen LogP contribution is -2.54. The van der Waals surface area contributed by atoms with Gasteiger partial charge in [0.1, 0.15) is 5.65 Å². The van der Waals surface area contributed by atoms with Crippen LogP contribution in [0.1, 0.15) is 34.3 Å². The van der Waals surface area contributed by atoms with Gasteiger partial charge >= 0.3 is 0 Å². The Morgan fingerprint density at radius 1 is 1.10 bits per heavy atom. The van der Waals surface area contributed by atoms with Gasteiger partial charge in [-0.25, -0.2) is 4.98 Å². The molecular formula is C34H39N5O2. The smallest absolute Gasteiger partial charge is 0.253 e. The molecule has 0 bridgehead atoms. The van der Waals surface area contributed by atoms with Crippen LogP contribution in [0, 0.1) is 12.8 Å². The third kappa shape index (κ3) is 4.91. The van der Waals surface area contributed by atoms with Crippen LogP contribution >= 0.6 is 0 Å². The first-order valence-electron chi connectivity index (χ1n) is 14.9. The standard InChI is InChI=1S/C34H39N5O2/c1-22-14-27(15-26-8-9-29-20-37(2)11-12-39(29)32(22)26)28-16-30-31(18-36-33(30)35-17-28)24-4-6-25(7-5-24)34(40)38(3)19-23-10-13-41-21-23/h4-7,14-18,23,29H,8-13,19-21H2,1-3H3,(H,35,36)/t23-,29+/m0/s1. The molecule has 1 N–H and O–H groups in total. The average Bonchev–Trinajstić information content (AvgIpc) is 3.66. The molecule has 212 valence electrons. The van der Waals surface area contributed by atoms with E-state index >= 15 is 0 Å². The fourth-order valence-corrected chi connectivity index (χ4v) is 7.11. The first-order valence-corrected chi connectivity index (χ1v) is 14.9. The van der Waals surface area contributed by atoms with Crippen molar-refractivity contribution in [2.75, 3.05) is 58.4 Å². The molecular weight excluding hydrogens is 510 g/mol. The van der Waals surface area contributed by atoms with Crippen molar-refractivity contribution in [3.05, 3.63) is 71.5 Å². The van der Waals surface area contributed by atoms with Crippen molar-refractivity contribution in [1.82, 2.24) is 19.8 Å². The number of aromatic amines is 1. The monoisotopic (exact) mass is 549 g/mol. The largest absolute Gasteiger partial charge is 0.381 e. The van der Waals surface area contributed by atoms with Crippen LogP contribution in [-0.2, 0) is 11.2 Å². The van der Waals surface area contributed by atoms with Gasteiger partial charge in [-0.1, -0.05) is 12.1 Å². The van der Waals surface area contributed by atoms with Crippen LogP contribution in [-0.4, -0.2) is 85.2 Å². The number of H-pyrrole nitrogens is 1. The Kier molecular flexibility index (Phi) is 6.79. The first-order chi connectivity index (χ1) is 19.9. The number of carbonyl (C=O) groups excluding carboxylic acids is 1. The quantitative estimate of drug-likeness (QED) is 0.362. The third-order valence-corrected chi connectivity index (χ3v) is 9.31. The summed E-state index contributed by atoms with van der Waals surface area (Å²) in [5, 5.41) is 1.09. The number of hydrogen-bond acceptors (Lipinski definition) is 5. The average molecular weight is 550 g/mol. The van der Waals surface area contributed by atoms with Gasteiger partial charge in [0.2, 0.25) is 0 Å². The van der Waals surface area contributed by atoms with Gasteiger partial charge in [0.15, 0.2) is 0 Å². The molecule has 0 radical (unpaired) electrons. The molecule has 0 saturated carbocycles. The molecule has 1 amide bonds. The van der Waals surface area contributed by atoms with E-state index in [1.54, 1.807) is 0 Å². The highest BCUT2D eigenvalue weighted by Gasteiger charge is 2.31. The van der Waals surface area contributed by atoms with Crippen LogP contribution in [0.2, 0.25) is 0 Å². The van der Waals surface area contributed by atoms with Crippen LogP contribution in [0.15, 0.2) is 54.9 Å². The van der Waals surface area contributed by atoms with Gasteiger partial charge < -0.3 is 24.4 Å². The molecule has 0 unspecified atom stereocenters. The number of aromatic nitrogens is 2. The Balaban J connectivity index is 1.15. The summed E-state index contributed by atoms with van der Waals surface area (Å²) in [5.41, 5.74) is 10.4. The number of nitrogens with zero attached hydrogens (tertiary/aromatic N) is 4. The molecule has 5 heterocycles. The van der Waals surface area contributed by atoms with Gasteiger partial charge in [0.25, 0.3) is 5.91 Å². The van der Waals surface area contributed by atoms with Gasteiger partial charge in [-0.05, 0) is 85.8 Å². The van der Waals surface area contributed by atoms with Crippen molar-refractivity contribution in [1.29, 1.82) is 0 Å². The lowest BCUT2D eigenvalue weighted by molar-refractivity contribution is 0.0766. The van der Waals surface area contributed by atoms with Crippen LogP contribution in [0.4, 0.5) is 5.69 Å². The predicted molar refractivity (Wildman–Crippen MR) is 165 cm³/mol. The summed E-state index contributed by atoms with van der Waals surface area (Å²) in [7, 11) is 4.12. The topological polar surface area (TPSA) is 64.7 Å². The molecule has 7 rings (SSSR count). The summed E-state index contributed by atoms with van der Waals surface area (Å²) in [4.78, 5) is 28.1. The molecule has 0 aliphatic carbocycles. The second-order valence-electron chi connectivity index (χ2n) is 12.3. The fraction of sp³-hybridized carbons (Fsp3) is 0.412. The number of piperazine rings is 1. The molecule has 2 aromatic heterocycles. The number of rotatable bonds is 5. The molecule has 0 spiro atoms. The number of hydrogen-bond donors (Lipinski definition) is 1. The Hall–Kier alpha value is -3.68. The van der Waals surface area contributed by atoms with Crippen molar-refractivity contribution in [2.24, 2.45) is 5.92 Å². The van der Waals surface area contributed by atoms with Crippen LogP contribution < -0.4 is 4.90 Å². The van der Waals surface area contributed by atoms with Gasteiger partial charge in [-0.15, -0.1) is 0 Å². The SMILES string of the molecule is Cc1cc(-c2cnc3[nH]cc(-c4ccc(C(=O)N(C)C[C@@H]5CCOC5)cc4)c3c2)cc2c1N1CCN(C)C[C@H]1CC2. The van der Waals surface area contributed by atoms with Crippen LogP contribution in [0.3, 0.4) is 0 Å². The van der Waals surface area contributed by atoms with E-state index in [9.17, 15) is 4.79 Å². The Morgan fingerprint density at radius 2 is 1.95 bits per heavy atom. The van der Waals surface area contributed by atoms with Crippen LogP contribution in [0.25, 0.3) is 33.3 Å². The van der Waals surface area contributed by atoms with Crippen molar-refractivity contribution >= 4 is 22.6 Å². The highest BCUT2D eigenvalue weighted by molar-refractivity contribution is 5.98. The molecule has 41 heavy (non-hydrogen) atoms. The van der Waals surface area contributed by atoms with Gasteiger partial charge in [-0.2, -0.15) is 0 Å². The van der Waals surface area contributed by atoms with E-state index in [4.69, 9.17) is 9.72 Å². The van der Waals surface area contributed by atoms with Crippen molar-refractivity contribution in [3.8, 4) is 22.3 Å². The number of benzene rings is 2. The summed E-state index contributed by atoms with van der Waals surface area (Å²) < 4.78 is 5.48. The van der Waals surface area contributed by atoms with E-state index in [0.717, 1.165) is 80.0 Å². The van der Waals surface area contributed by atoms with Gasteiger partial charge in [0.05, 0.1) is 6.61 Å². The highest BCUT2D eigenvalue weighted by atomic mass is 16.5. The number of fused-ring (bicyclic) bond motifs is 4. The van der Waals surface area contributed by atoms with E-state index in [1.807, 2.05) is 48.6 Å². The minimum atomic E-state index is 0.0528. The number of likely N-dealkylation sites (N-methyl/N-ethyl adjacent to an activating group) is 1. The fourth-order valence-electron chi connectivity index (χ4n) is 7.11. The number of carbonyl (C=O) groups is 1. The molecule has 7 nitrogen and oxygen atoms in total. The number of nitrogens with one attached hydrogen (secondary N) is 1. The molecule has 2 saturated heterocycles. The second-order valence-corrected chi connectivity index (χ2v) is 12.3.